The smallest absolute Gasteiger partial charge is 0.111 e. The number of hydrogen-bond donors (Lipinski definition) is 0. The van der Waals surface area contributed by atoms with Crippen LogP contribution in [0.2, 0.25) is 0 Å². The molecule has 106 valence electrons. The van der Waals surface area contributed by atoms with Gasteiger partial charge in [-0.3, -0.25) is 0 Å². The van der Waals surface area contributed by atoms with Gasteiger partial charge in [-0.1, -0.05) is 30.4 Å². The van der Waals surface area contributed by atoms with Crippen molar-refractivity contribution in [3.63, 3.8) is 0 Å². The third-order valence-corrected chi connectivity index (χ3v) is 4.63. The van der Waals surface area contributed by atoms with Gasteiger partial charge in [-0.05, 0) is 20.0 Å². The van der Waals surface area contributed by atoms with Crippen molar-refractivity contribution >= 4 is 28.1 Å². The molecule has 1 aromatic heterocycles. The standard InChI is InChI=1S/C16H21N3S/c1-3-18-12-14(13-6-4-5-7-15(13)18)16(20)19-10-8-17(2)9-11-19/h4-7,12H,3,8-11H2,1-2H3. The summed E-state index contributed by atoms with van der Waals surface area (Å²) >= 11 is 5.76. The van der Waals surface area contributed by atoms with Gasteiger partial charge in [0, 0.05) is 55.4 Å². The number of para-hydroxylation sites is 1. The van der Waals surface area contributed by atoms with E-state index in [1.54, 1.807) is 0 Å². The first-order valence-electron chi connectivity index (χ1n) is 7.26. The highest BCUT2D eigenvalue weighted by Crippen LogP contribution is 2.23. The molecule has 3 rings (SSSR count). The van der Waals surface area contributed by atoms with E-state index in [-0.39, 0.29) is 0 Å². The number of aromatic nitrogens is 1. The zero-order valence-corrected chi connectivity index (χ0v) is 13.0. The Morgan fingerprint density at radius 1 is 1.15 bits per heavy atom. The van der Waals surface area contributed by atoms with Crippen molar-refractivity contribution in [2.45, 2.75) is 13.5 Å². The highest BCUT2D eigenvalue weighted by atomic mass is 32.1. The Hall–Kier alpha value is -1.39. The van der Waals surface area contributed by atoms with Crippen LogP contribution in [0, 0.1) is 0 Å². The molecule has 4 heteroatoms. The number of piperazine rings is 1. The van der Waals surface area contributed by atoms with E-state index in [1.165, 1.54) is 16.5 Å². The predicted molar refractivity (Wildman–Crippen MR) is 88.4 cm³/mol. The van der Waals surface area contributed by atoms with Crippen LogP contribution in [0.25, 0.3) is 10.9 Å². The van der Waals surface area contributed by atoms with Crippen LogP contribution in [-0.4, -0.2) is 52.6 Å². The lowest BCUT2D eigenvalue weighted by Gasteiger charge is -2.34. The van der Waals surface area contributed by atoms with E-state index >= 15 is 0 Å². The minimum atomic E-state index is 0.978. The molecule has 0 spiro atoms. The average molecular weight is 287 g/mol. The lowest BCUT2D eigenvalue weighted by molar-refractivity contribution is 0.218. The zero-order valence-electron chi connectivity index (χ0n) is 12.2. The molecule has 0 N–H and O–H groups in total. The summed E-state index contributed by atoms with van der Waals surface area (Å²) in [6, 6.07) is 8.55. The number of likely N-dealkylation sites (N-methyl/N-ethyl adjacent to an activating group) is 1. The monoisotopic (exact) mass is 287 g/mol. The minimum absolute atomic E-state index is 0.978. The van der Waals surface area contributed by atoms with Crippen LogP contribution >= 0.6 is 12.2 Å². The highest BCUT2D eigenvalue weighted by Gasteiger charge is 2.20. The number of fused-ring (bicyclic) bond motifs is 1. The maximum Gasteiger partial charge on any atom is 0.111 e. The van der Waals surface area contributed by atoms with Crippen LogP contribution in [0.1, 0.15) is 12.5 Å². The SMILES string of the molecule is CCn1cc(C(=S)N2CCN(C)CC2)c2ccccc21. The summed E-state index contributed by atoms with van der Waals surface area (Å²) in [5.74, 6) is 0. The molecular formula is C16H21N3S. The maximum absolute atomic E-state index is 5.76. The number of benzene rings is 1. The van der Waals surface area contributed by atoms with E-state index < -0.39 is 0 Å². The summed E-state index contributed by atoms with van der Waals surface area (Å²) in [6.45, 7) is 7.39. The summed E-state index contributed by atoms with van der Waals surface area (Å²) in [5, 5.41) is 1.28. The van der Waals surface area contributed by atoms with Gasteiger partial charge < -0.3 is 14.4 Å². The molecule has 0 bridgehead atoms. The van der Waals surface area contributed by atoms with Gasteiger partial charge in [0.2, 0.25) is 0 Å². The molecule has 0 amide bonds. The molecule has 1 aromatic carbocycles. The summed E-state index contributed by atoms with van der Waals surface area (Å²) in [7, 11) is 2.17. The van der Waals surface area contributed by atoms with Crippen molar-refractivity contribution in [1.82, 2.24) is 14.4 Å². The fourth-order valence-electron chi connectivity index (χ4n) is 2.86. The lowest BCUT2D eigenvalue weighted by atomic mass is 10.1. The Bertz CT molecular complexity index is 624. The van der Waals surface area contributed by atoms with E-state index in [0.717, 1.165) is 37.7 Å². The van der Waals surface area contributed by atoms with Crippen LogP contribution < -0.4 is 0 Å². The molecule has 2 aromatic rings. The second-order valence-electron chi connectivity index (χ2n) is 5.44. The summed E-state index contributed by atoms with van der Waals surface area (Å²) in [6.07, 6.45) is 2.21. The van der Waals surface area contributed by atoms with Crippen LogP contribution in [0.3, 0.4) is 0 Å². The van der Waals surface area contributed by atoms with E-state index in [4.69, 9.17) is 12.2 Å². The molecule has 1 saturated heterocycles. The molecule has 2 heterocycles. The lowest BCUT2D eigenvalue weighted by Crippen LogP contribution is -2.46. The van der Waals surface area contributed by atoms with Crippen molar-refractivity contribution in [1.29, 1.82) is 0 Å². The Morgan fingerprint density at radius 2 is 1.85 bits per heavy atom. The van der Waals surface area contributed by atoms with Crippen molar-refractivity contribution < 1.29 is 0 Å². The van der Waals surface area contributed by atoms with Crippen LogP contribution in [0.5, 0.6) is 0 Å². The van der Waals surface area contributed by atoms with Crippen molar-refractivity contribution in [3.8, 4) is 0 Å². The zero-order chi connectivity index (χ0) is 14.1. The highest BCUT2D eigenvalue weighted by molar-refractivity contribution is 7.80. The van der Waals surface area contributed by atoms with Crippen molar-refractivity contribution in [3.05, 3.63) is 36.0 Å². The summed E-state index contributed by atoms with van der Waals surface area (Å²) < 4.78 is 2.28. The second-order valence-corrected chi connectivity index (χ2v) is 5.83. The Balaban J connectivity index is 1.95. The largest absolute Gasteiger partial charge is 0.360 e. The molecule has 1 aliphatic heterocycles. The van der Waals surface area contributed by atoms with Crippen molar-refractivity contribution in [2.75, 3.05) is 33.2 Å². The van der Waals surface area contributed by atoms with Gasteiger partial charge in [-0.2, -0.15) is 0 Å². The number of aryl methyl sites for hydroxylation is 1. The number of thiocarbonyl (C=S) groups is 1. The number of nitrogens with zero attached hydrogens (tertiary/aromatic N) is 3. The quantitative estimate of drug-likeness (QED) is 0.787. The molecule has 1 fully saturated rings. The molecule has 0 saturated carbocycles. The topological polar surface area (TPSA) is 11.4 Å². The molecule has 3 nitrogen and oxygen atoms in total. The molecule has 0 atom stereocenters. The second kappa shape index (κ2) is 5.54. The number of rotatable bonds is 2. The third kappa shape index (κ3) is 2.34. The van der Waals surface area contributed by atoms with E-state index in [2.05, 4.69) is 58.8 Å². The first-order valence-corrected chi connectivity index (χ1v) is 7.67. The maximum atomic E-state index is 5.76. The first kappa shape index (κ1) is 13.6. The van der Waals surface area contributed by atoms with Gasteiger partial charge >= 0.3 is 0 Å². The summed E-state index contributed by atoms with van der Waals surface area (Å²) in [5.41, 5.74) is 2.49. The molecule has 0 aliphatic carbocycles. The third-order valence-electron chi connectivity index (χ3n) is 4.15. The van der Waals surface area contributed by atoms with Gasteiger partial charge in [-0.25, -0.2) is 0 Å². The van der Waals surface area contributed by atoms with Crippen LogP contribution in [0.15, 0.2) is 30.5 Å². The van der Waals surface area contributed by atoms with Gasteiger partial charge in [0.1, 0.15) is 4.99 Å². The fraction of sp³-hybridized carbons (Fsp3) is 0.438. The predicted octanol–water partition coefficient (Wildman–Crippen LogP) is 2.58. The Kier molecular flexibility index (Phi) is 3.76. The van der Waals surface area contributed by atoms with E-state index in [1.807, 2.05) is 0 Å². The minimum Gasteiger partial charge on any atom is -0.360 e. The van der Waals surface area contributed by atoms with Crippen LogP contribution in [0.4, 0.5) is 0 Å². The van der Waals surface area contributed by atoms with E-state index in [9.17, 15) is 0 Å². The Morgan fingerprint density at radius 3 is 2.55 bits per heavy atom. The fourth-order valence-corrected chi connectivity index (χ4v) is 3.20. The molecule has 0 unspecified atom stereocenters. The molecule has 20 heavy (non-hydrogen) atoms. The van der Waals surface area contributed by atoms with Gasteiger partial charge in [0.25, 0.3) is 0 Å². The van der Waals surface area contributed by atoms with Gasteiger partial charge in [0.05, 0.1) is 0 Å². The molecule has 1 aliphatic rings. The van der Waals surface area contributed by atoms with Crippen LogP contribution in [-0.2, 0) is 6.54 Å². The summed E-state index contributed by atoms with van der Waals surface area (Å²) in [4.78, 5) is 5.70. The van der Waals surface area contributed by atoms with Gasteiger partial charge in [0.15, 0.2) is 0 Å². The number of hydrogen-bond acceptors (Lipinski definition) is 2. The van der Waals surface area contributed by atoms with Gasteiger partial charge in [-0.15, -0.1) is 0 Å². The van der Waals surface area contributed by atoms with Crippen molar-refractivity contribution in [2.24, 2.45) is 0 Å². The molecule has 0 radical (unpaired) electrons. The Labute approximate surface area is 125 Å². The average Bonchev–Trinajstić information content (AvgIpc) is 2.86. The first-order chi connectivity index (χ1) is 9.70. The molecular weight excluding hydrogens is 266 g/mol. The normalized spacial score (nSPS) is 16.8. The van der Waals surface area contributed by atoms with E-state index in [0.29, 0.717) is 0 Å².